The predicted octanol–water partition coefficient (Wildman–Crippen LogP) is 1.97. The van der Waals surface area contributed by atoms with Crippen LogP contribution in [0.15, 0.2) is 0 Å². The summed E-state index contributed by atoms with van der Waals surface area (Å²) in [6.07, 6.45) is 3.40. The Morgan fingerprint density at radius 2 is 2.30 bits per heavy atom. The van der Waals surface area contributed by atoms with Crippen LogP contribution in [0.1, 0.15) is 44.7 Å². The third-order valence-electron chi connectivity index (χ3n) is 3.56. The van der Waals surface area contributed by atoms with Crippen LogP contribution in [0.4, 0.5) is 5.69 Å². The number of nitro groups is 1. The van der Waals surface area contributed by atoms with Gasteiger partial charge in [-0.25, -0.2) is 4.68 Å². The van der Waals surface area contributed by atoms with E-state index < -0.39 is 4.92 Å². The van der Waals surface area contributed by atoms with Gasteiger partial charge in [0.05, 0.1) is 4.92 Å². The molecule has 1 unspecified atom stereocenters. The Morgan fingerprint density at radius 1 is 1.55 bits per heavy atom. The van der Waals surface area contributed by atoms with Crippen LogP contribution in [-0.4, -0.2) is 33.9 Å². The fourth-order valence-electron chi connectivity index (χ4n) is 2.49. The zero-order valence-electron chi connectivity index (χ0n) is 12.3. The molecule has 0 aliphatic carbocycles. The molecule has 1 aliphatic heterocycles. The fourth-order valence-corrected chi connectivity index (χ4v) is 2.49. The van der Waals surface area contributed by atoms with Crippen molar-refractivity contribution in [3.63, 3.8) is 0 Å². The number of hydrogen-bond donors (Lipinski definition) is 1. The molecule has 0 spiro atoms. The molecule has 0 aromatic carbocycles. The number of piperidine rings is 1. The van der Waals surface area contributed by atoms with Gasteiger partial charge < -0.3 is 10.1 Å². The molecule has 0 radical (unpaired) electrons. The van der Waals surface area contributed by atoms with Crippen molar-refractivity contribution in [1.29, 1.82) is 0 Å². The number of nitrogens with zero attached hydrogens (tertiary/aromatic N) is 3. The average Bonchev–Trinajstić information content (AvgIpc) is 2.75. The summed E-state index contributed by atoms with van der Waals surface area (Å²) in [4.78, 5) is 10.9. The first-order valence-corrected chi connectivity index (χ1v) is 7.08. The summed E-state index contributed by atoms with van der Waals surface area (Å²) in [6, 6.07) is 0.265. The number of aryl methyl sites for hydroxylation is 1. The molecule has 2 rings (SSSR count). The van der Waals surface area contributed by atoms with E-state index in [4.69, 9.17) is 4.74 Å². The molecule has 2 heterocycles. The van der Waals surface area contributed by atoms with Gasteiger partial charge in [-0.15, -0.1) is 0 Å². The highest BCUT2D eigenvalue weighted by atomic mass is 16.6. The van der Waals surface area contributed by atoms with Crippen molar-refractivity contribution in [3.8, 4) is 5.88 Å². The van der Waals surface area contributed by atoms with Crippen LogP contribution in [0.3, 0.4) is 0 Å². The number of hydrogen-bond acceptors (Lipinski definition) is 5. The minimum Gasteiger partial charge on any atom is -0.471 e. The normalized spacial score (nSPS) is 19.3. The molecule has 1 saturated heterocycles. The fraction of sp³-hybridized carbons (Fsp3) is 0.769. The summed E-state index contributed by atoms with van der Waals surface area (Å²) in [6.45, 7) is 5.21. The SMILES string of the molecule is CC(C)c1nn(C)c(OCC2CCCCN2)c1[N+](=O)[O-]. The number of ether oxygens (including phenoxy) is 1. The minimum absolute atomic E-state index is 0.00157. The molecule has 0 bridgehead atoms. The number of aromatic nitrogens is 2. The standard InChI is InChI=1S/C13H22N4O3/c1-9(2)11-12(17(18)19)13(16(3)15-11)20-8-10-6-4-5-7-14-10/h9-10,14H,4-8H2,1-3H3. The van der Waals surface area contributed by atoms with E-state index in [0.29, 0.717) is 12.3 Å². The molecular weight excluding hydrogens is 260 g/mol. The Balaban J connectivity index is 2.15. The van der Waals surface area contributed by atoms with Crippen molar-refractivity contribution in [2.45, 2.75) is 45.1 Å². The minimum atomic E-state index is -0.397. The lowest BCUT2D eigenvalue weighted by Gasteiger charge is -2.23. The van der Waals surface area contributed by atoms with E-state index in [-0.39, 0.29) is 23.5 Å². The lowest BCUT2D eigenvalue weighted by Crippen LogP contribution is -2.38. The van der Waals surface area contributed by atoms with E-state index in [1.807, 2.05) is 13.8 Å². The maximum absolute atomic E-state index is 11.3. The van der Waals surface area contributed by atoms with Crippen LogP contribution < -0.4 is 10.1 Å². The third kappa shape index (κ3) is 3.09. The van der Waals surface area contributed by atoms with Gasteiger partial charge in [0.25, 0.3) is 5.88 Å². The molecule has 0 amide bonds. The summed E-state index contributed by atoms with van der Waals surface area (Å²) in [7, 11) is 1.68. The highest BCUT2D eigenvalue weighted by Gasteiger charge is 2.30. The second-order valence-electron chi connectivity index (χ2n) is 5.53. The average molecular weight is 282 g/mol. The second kappa shape index (κ2) is 6.21. The Hall–Kier alpha value is -1.63. The Kier molecular flexibility index (Phi) is 4.59. The lowest BCUT2D eigenvalue weighted by molar-refractivity contribution is -0.386. The van der Waals surface area contributed by atoms with Crippen molar-refractivity contribution >= 4 is 5.69 Å². The van der Waals surface area contributed by atoms with Crippen LogP contribution in [0, 0.1) is 10.1 Å². The van der Waals surface area contributed by atoms with Crippen molar-refractivity contribution in [3.05, 3.63) is 15.8 Å². The number of nitrogens with one attached hydrogen (secondary N) is 1. The summed E-state index contributed by atoms with van der Waals surface area (Å²) >= 11 is 0. The monoisotopic (exact) mass is 282 g/mol. The van der Waals surface area contributed by atoms with Gasteiger partial charge in [0.1, 0.15) is 12.3 Å². The van der Waals surface area contributed by atoms with E-state index >= 15 is 0 Å². The van der Waals surface area contributed by atoms with Crippen LogP contribution in [0.2, 0.25) is 0 Å². The van der Waals surface area contributed by atoms with Gasteiger partial charge in [-0.3, -0.25) is 10.1 Å². The molecule has 7 nitrogen and oxygen atoms in total. The maximum Gasteiger partial charge on any atom is 0.353 e. The van der Waals surface area contributed by atoms with E-state index in [1.165, 1.54) is 17.5 Å². The first-order valence-electron chi connectivity index (χ1n) is 7.08. The Labute approximate surface area is 118 Å². The summed E-state index contributed by atoms with van der Waals surface area (Å²) in [5, 5.41) is 18.9. The van der Waals surface area contributed by atoms with Gasteiger partial charge >= 0.3 is 5.69 Å². The maximum atomic E-state index is 11.3. The highest BCUT2D eigenvalue weighted by molar-refractivity contribution is 5.47. The molecule has 1 aromatic rings. The first kappa shape index (κ1) is 14.8. The second-order valence-corrected chi connectivity index (χ2v) is 5.53. The van der Waals surface area contributed by atoms with Crippen LogP contribution >= 0.6 is 0 Å². The van der Waals surface area contributed by atoms with E-state index in [9.17, 15) is 10.1 Å². The largest absolute Gasteiger partial charge is 0.471 e. The van der Waals surface area contributed by atoms with Crippen molar-refractivity contribution in [2.24, 2.45) is 7.05 Å². The predicted molar refractivity (Wildman–Crippen MR) is 75.1 cm³/mol. The molecule has 7 heteroatoms. The smallest absolute Gasteiger partial charge is 0.353 e. The van der Waals surface area contributed by atoms with E-state index in [1.54, 1.807) is 7.05 Å². The first-order chi connectivity index (χ1) is 9.50. The molecular formula is C13H22N4O3. The van der Waals surface area contributed by atoms with Gasteiger partial charge in [0.15, 0.2) is 0 Å². The van der Waals surface area contributed by atoms with Gasteiger partial charge in [-0.1, -0.05) is 20.3 Å². The Bertz CT molecular complexity index is 478. The van der Waals surface area contributed by atoms with Gasteiger partial charge in [0, 0.05) is 19.0 Å². The highest BCUT2D eigenvalue weighted by Crippen LogP contribution is 2.34. The molecule has 0 saturated carbocycles. The summed E-state index contributed by atoms with van der Waals surface area (Å²) in [5.74, 6) is 0.248. The van der Waals surface area contributed by atoms with Crippen molar-refractivity contribution in [1.82, 2.24) is 15.1 Å². The molecule has 20 heavy (non-hydrogen) atoms. The summed E-state index contributed by atoms with van der Waals surface area (Å²) < 4.78 is 7.16. The van der Waals surface area contributed by atoms with Crippen molar-refractivity contribution in [2.75, 3.05) is 13.2 Å². The van der Waals surface area contributed by atoms with E-state index in [0.717, 1.165) is 13.0 Å². The molecule has 1 aromatic heterocycles. The van der Waals surface area contributed by atoms with Gasteiger partial charge in [0.2, 0.25) is 0 Å². The van der Waals surface area contributed by atoms with Gasteiger partial charge in [-0.2, -0.15) is 5.10 Å². The Morgan fingerprint density at radius 3 is 2.85 bits per heavy atom. The zero-order chi connectivity index (χ0) is 14.7. The molecule has 1 aliphatic rings. The molecule has 112 valence electrons. The molecule has 1 N–H and O–H groups in total. The van der Waals surface area contributed by atoms with Crippen molar-refractivity contribution < 1.29 is 9.66 Å². The van der Waals surface area contributed by atoms with Gasteiger partial charge in [-0.05, 0) is 19.4 Å². The topological polar surface area (TPSA) is 82.2 Å². The van der Waals surface area contributed by atoms with Crippen LogP contribution in [0.5, 0.6) is 5.88 Å². The molecule has 1 atom stereocenters. The molecule has 1 fully saturated rings. The third-order valence-corrected chi connectivity index (χ3v) is 3.56. The quantitative estimate of drug-likeness (QED) is 0.659. The van der Waals surface area contributed by atoms with Crippen LogP contribution in [0.25, 0.3) is 0 Å². The lowest BCUT2D eigenvalue weighted by atomic mass is 10.1. The van der Waals surface area contributed by atoms with Crippen LogP contribution in [-0.2, 0) is 7.05 Å². The van der Waals surface area contributed by atoms with E-state index in [2.05, 4.69) is 10.4 Å². The number of rotatable bonds is 5. The zero-order valence-corrected chi connectivity index (χ0v) is 12.3. The summed E-state index contributed by atoms with van der Waals surface area (Å²) in [5.41, 5.74) is 0.474.